The molecular formula is C19H14F3N3O3S. The molecule has 3 rings (SSSR count). The highest BCUT2D eigenvalue weighted by molar-refractivity contribution is 7.92. The third kappa shape index (κ3) is 4.77. The lowest BCUT2D eigenvalue weighted by Gasteiger charge is -2.11. The largest absolute Gasteiger partial charge is 0.300 e. The van der Waals surface area contributed by atoms with E-state index in [1.807, 2.05) is 4.72 Å². The lowest BCUT2D eigenvalue weighted by Crippen LogP contribution is -2.16. The molecular weight excluding hydrogens is 407 g/mol. The van der Waals surface area contributed by atoms with Crippen LogP contribution in [0, 0.1) is 17.6 Å². The van der Waals surface area contributed by atoms with Crippen LogP contribution in [-0.2, 0) is 21.2 Å². The van der Waals surface area contributed by atoms with Crippen LogP contribution in [0.1, 0.15) is 12.6 Å². The van der Waals surface area contributed by atoms with Crippen molar-refractivity contribution in [2.75, 3.05) is 4.72 Å². The summed E-state index contributed by atoms with van der Waals surface area (Å²) in [7, 11) is -4.53. The summed E-state index contributed by atoms with van der Waals surface area (Å²) in [5.74, 6) is -3.49. The van der Waals surface area contributed by atoms with Crippen LogP contribution in [0.25, 0.3) is 11.1 Å². The first-order valence-corrected chi connectivity index (χ1v) is 9.72. The first-order chi connectivity index (χ1) is 13.7. The van der Waals surface area contributed by atoms with Crippen molar-refractivity contribution in [2.45, 2.75) is 18.2 Å². The van der Waals surface area contributed by atoms with E-state index in [1.165, 1.54) is 25.4 Å². The molecule has 0 amide bonds. The summed E-state index contributed by atoms with van der Waals surface area (Å²) in [5.41, 5.74) is 0.832. The maximum atomic E-state index is 14.1. The number of rotatable bonds is 6. The molecule has 0 aliphatic carbocycles. The van der Waals surface area contributed by atoms with Crippen LogP contribution < -0.4 is 4.72 Å². The standard InChI is InChI=1S/C19H14F3N3O3S/c1-11(26)6-15-7-12(4-5-23-15)13-8-17(19(22)24-10-13)25-29(27,28)18-3-2-14(20)9-16(18)21/h2-5,7-10,25H,6H2,1H3. The third-order valence-electron chi connectivity index (χ3n) is 3.85. The Morgan fingerprint density at radius 1 is 1.03 bits per heavy atom. The highest BCUT2D eigenvalue weighted by Crippen LogP contribution is 2.26. The number of pyridine rings is 2. The summed E-state index contributed by atoms with van der Waals surface area (Å²) in [6.07, 6.45) is 2.74. The average molecular weight is 421 g/mol. The van der Waals surface area contributed by atoms with E-state index in [1.54, 1.807) is 12.1 Å². The number of sulfonamides is 1. The molecule has 150 valence electrons. The van der Waals surface area contributed by atoms with Crippen LogP contribution in [0.2, 0.25) is 0 Å². The van der Waals surface area contributed by atoms with Crippen LogP contribution >= 0.6 is 0 Å². The van der Waals surface area contributed by atoms with Crippen molar-refractivity contribution in [1.29, 1.82) is 0 Å². The van der Waals surface area contributed by atoms with Crippen molar-refractivity contribution in [3.8, 4) is 11.1 Å². The smallest absolute Gasteiger partial charge is 0.264 e. The summed E-state index contributed by atoms with van der Waals surface area (Å²) in [5, 5.41) is 0. The van der Waals surface area contributed by atoms with Gasteiger partial charge in [-0.1, -0.05) is 0 Å². The van der Waals surface area contributed by atoms with Crippen molar-refractivity contribution < 1.29 is 26.4 Å². The van der Waals surface area contributed by atoms with E-state index in [-0.39, 0.29) is 12.2 Å². The van der Waals surface area contributed by atoms with Crippen LogP contribution in [0.5, 0.6) is 0 Å². The molecule has 2 aromatic heterocycles. The normalized spacial score (nSPS) is 11.3. The summed E-state index contributed by atoms with van der Waals surface area (Å²) in [6, 6.07) is 6.27. The SMILES string of the molecule is CC(=O)Cc1cc(-c2cnc(F)c(NS(=O)(=O)c3ccc(F)cc3F)c2)ccn1. The number of benzene rings is 1. The molecule has 0 spiro atoms. The lowest BCUT2D eigenvalue weighted by atomic mass is 10.1. The van der Waals surface area contributed by atoms with Crippen LogP contribution in [0.4, 0.5) is 18.9 Å². The molecule has 3 aromatic rings. The Kier molecular flexibility index (Phi) is 5.64. The topological polar surface area (TPSA) is 89.0 Å². The molecule has 0 radical (unpaired) electrons. The van der Waals surface area contributed by atoms with Gasteiger partial charge in [-0.2, -0.15) is 4.39 Å². The van der Waals surface area contributed by atoms with Gasteiger partial charge in [0.25, 0.3) is 10.0 Å². The maximum Gasteiger partial charge on any atom is 0.264 e. The number of hydrogen-bond acceptors (Lipinski definition) is 5. The van der Waals surface area contributed by atoms with Crippen molar-refractivity contribution >= 4 is 21.5 Å². The van der Waals surface area contributed by atoms with E-state index in [2.05, 4.69) is 9.97 Å². The molecule has 0 unspecified atom stereocenters. The minimum atomic E-state index is -4.53. The number of Topliss-reactive ketones (excluding diaryl/α,β-unsaturated/α-hetero) is 1. The minimum Gasteiger partial charge on any atom is -0.300 e. The van der Waals surface area contributed by atoms with Gasteiger partial charge >= 0.3 is 0 Å². The number of nitrogens with one attached hydrogen (secondary N) is 1. The summed E-state index contributed by atoms with van der Waals surface area (Å²) in [6.45, 7) is 1.41. The molecule has 6 nitrogen and oxygen atoms in total. The monoisotopic (exact) mass is 421 g/mol. The van der Waals surface area contributed by atoms with Gasteiger partial charge in [-0.15, -0.1) is 0 Å². The zero-order valence-corrected chi connectivity index (χ0v) is 15.8. The van der Waals surface area contributed by atoms with Crippen molar-refractivity contribution in [1.82, 2.24) is 9.97 Å². The zero-order chi connectivity index (χ0) is 21.2. The van der Waals surface area contributed by atoms with Gasteiger partial charge < -0.3 is 0 Å². The quantitative estimate of drug-likeness (QED) is 0.616. The number of aromatic nitrogens is 2. The Balaban J connectivity index is 1.97. The molecule has 1 N–H and O–H groups in total. The van der Waals surface area contributed by atoms with Gasteiger partial charge in [0, 0.05) is 36.1 Å². The molecule has 0 aliphatic heterocycles. The Labute approximate surface area is 164 Å². The highest BCUT2D eigenvalue weighted by Gasteiger charge is 2.22. The molecule has 0 saturated carbocycles. The molecule has 10 heteroatoms. The second-order valence-electron chi connectivity index (χ2n) is 6.16. The van der Waals surface area contributed by atoms with Crippen molar-refractivity contribution in [2.24, 2.45) is 0 Å². The number of carbonyl (C=O) groups is 1. The average Bonchev–Trinajstić information content (AvgIpc) is 2.62. The predicted molar refractivity (Wildman–Crippen MR) is 99.0 cm³/mol. The highest BCUT2D eigenvalue weighted by atomic mass is 32.2. The van der Waals surface area contributed by atoms with Gasteiger partial charge in [-0.05, 0) is 42.8 Å². The molecule has 29 heavy (non-hydrogen) atoms. The van der Waals surface area contributed by atoms with Crippen LogP contribution in [0.3, 0.4) is 0 Å². The van der Waals surface area contributed by atoms with E-state index in [4.69, 9.17) is 0 Å². The third-order valence-corrected chi connectivity index (χ3v) is 5.25. The Morgan fingerprint density at radius 3 is 2.48 bits per heavy atom. The van der Waals surface area contributed by atoms with Crippen molar-refractivity contribution in [3.05, 3.63) is 72.1 Å². The Bertz CT molecular complexity index is 1200. The second kappa shape index (κ2) is 8.00. The van der Waals surface area contributed by atoms with Gasteiger partial charge in [0.1, 0.15) is 28.0 Å². The number of halogens is 3. The fourth-order valence-electron chi connectivity index (χ4n) is 2.58. The molecule has 0 saturated heterocycles. The number of ketones is 1. The second-order valence-corrected chi connectivity index (χ2v) is 7.81. The van der Waals surface area contributed by atoms with Gasteiger partial charge in [0.2, 0.25) is 5.95 Å². The summed E-state index contributed by atoms with van der Waals surface area (Å²) in [4.78, 5) is 18.0. The first-order valence-electron chi connectivity index (χ1n) is 8.24. The maximum absolute atomic E-state index is 14.1. The van der Waals surface area contributed by atoms with E-state index in [9.17, 15) is 26.4 Å². The summed E-state index contributed by atoms with van der Waals surface area (Å²) >= 11 is 0. The fraction of sp³-hybridized carbons (Fsp3) is 0.105. The fourth-order valence-corrected chi connectivity index (χ4v) is 3.69. The predicted octanol–water partition coefficient (Wildman–Crippen LogP) is 3.49. The Morgan fingerprint density at radius 2 is 1.79 bits per heavy atom. The number of nitrogens with zero attached hydrogens (tertiary/aromatic N) is 2. The zero-order valence-electron chi connectivity index (χ0n) is 15.0. The molecule has 0 atom stereocenters. The van der Waals surface area contributed by atoms with Gasteiger partial charge in [0.05, 0.1) is 0 Å². The van der Waals surface area contributed by atoms with E-state index in [0.717, 1.165) is 12.1 Å². The number of carbonyl (C=O) groups excluding carboxylic acids is 1. The molecule has 1 aromatic carbocycles. The van der Waals surface area contributed by atoms with E-state index in [0.29, 0.717) is 22.9 Å². The van der Waals surface area contributed by atoms with Gasteiger partial charge in [0.15, 0.2) is 0 Å². The first kappa shape index (κ1) is 20.5. The minimum absolute atomic E-state index is 0.0957. The molecule has 0 fully saturated rings. The van der Waals surface area contributed by atoms with E-state index >= 15 is 0 Å². The Hall–Kier alpha value is -3.27. The van der Waals surface area contributed by atoms with Crippen molar-refractivity contribution in [3.63, 3.8) is 0 Å². The van der Waals surface area contributed by atoms with Gasteiger partial charge in [-0.25, -0.2) is 22.2 Å². The van der Waals surface area contributed by atoms with E-state index < -0.39 is 38.2 Å². The van der Waals surface area contributed by atoms with Crippen LogP contribution in [-0.4, -0.2) is 24.2 Å². The molecule has 0 aliphatic rings. The number of anilines is 1. The van der Waals surface area contributed by atoms with Crippen LogP contribution in [0.15, 0.2) is 53.7 Å². The van der Waals surface area contributed by atoms with Gasteiger partial charge in [-0.3, -0.25) is 14.5 Å². The number of hydrogen-bond donors (Lipinski definition) is 1. The molecule has 0 bridgehead atoms. The molecule has 2 heterocycles. The summed E-state index contributed by atoms with van der Waals surface area (Å²) < 4.78 is 67.7. The lowest BCUT2D eigenvalue weighted by molar-refractivity contribution is -0.116.